The molecular formula is C15H20N4O. The van der Waals surface area contributed by atoms with Crippen molar-refractivity contribution in [1.29, 1.82) is 0 Å². The van der Waals surface area contributed by atoms with E-state index in [-0.39, 0.29) is 12.5 Å². The number of anilines is 1. The summed E-state index contributed by atoms with van der Waals surface area (Å²) >= 11 is 0. The van der Waals surface area contributed by atoms with Crippen molar-refractivity contribution in [2.75, 3.05) is 5.32 Å². The van der Waals surface area contributed by atoms with Crippen molar-refractivity contribution >= 4 is 11.6 Å². The van der Waals surface area contributed by atoms with Gasteiger partial charge in [0.15, 0.2) is 0 Å². The number of nitrogens with two attached hydrogens (primary N) is 1. The Morgan fingerprint density at radius 3 is 2.60 bits per heavy atom. The maximum atomic E-state index is 12.1. The SMILES string of the molecule is Cc1nn(CC(=O)Nc2ccccc2CN)c(C)c1C. The lowest BCUT2D eigenvalue weighted by molar-refractivity contribution is -0.116. The zero-order valence-electron chi connectivity index (χ0n) is 12.1. The molecule has 0 atom stereocenters. The number of nitrogens with zero attached hydrogens (tertiary/aromatic N) is 2. The van der Waals surface area contributed by atoms with E-state index in [9.17, 15) is 4.79 Å². The van der Waals surface area contributed by atoms with Gasteiger partial charge in [0.05, 0.1) is 5.69 Å². The lowest BCUT2D eigenvalue weighted by Gasteiger charge is -2.10. The molecule has 20 heavy (non-hydrogen) atoms. The number of carbonyl (C=O) groups excluding carboxylic acids is 1. The number of hydrogen-bond donors (Lipinski definition) is 2. The second kappa shape index (κ2) is 5.88. The Kier molecular flexibility index (Phi) is 4.20. The van der Waals surface area contributed by atoms with E-state index in [1.807, 2.05) is 45.0 Å². The highest BCUT2D eigenvalue weighted by molar-refractivity contribution is 5.91. The Morgan fingerprint density at radius 1 is 1.30 bits per heavy atom. The molecule has 0 aliphatic carbocycles. The average molecular weight is 272 g/mol. The molecule has 5 heteroatoms. The molecule has 0 saturated heterocycles. The Balaban J connectivity index is 2.11. The van der Waals surface area contributed by atoms with Gasteiger partial charge in [-0.05, 0) is 38.0 Å². The quantitative estimate of drug-likeness (QED) is 0.893. The minimum atomic E-state index is -0.100. The van der Waals surface area contributed by atoms with Crippen molar-refractivity contribution in [2.24, 2.45) is 5.73 Å². The summed E-state index contributed by atoms with van der Waals surface area (Å²) in [5, 5.41) is 7.25. The first-order chi connectivity index (χ1) is 9.52. The number of para-hydroxylation sites is 1. The topological polar surface area (TPSA) is 72.9 Å². The van der Waals surface area contributed by atoms with Gasteiger partial charge in [0.2, 0.25) is 5.91 Å². The Hall–Kier alpha value is -2.14. The van der Waals surface area contributed by atoms with Crippen molar-refractivity contribution in [3.05, 3.63) is 46.8 Å². The van der Waals surface area contributed by atoms with Crippen LogP contribution in [0.5, 0.6) is 0 Å². The van der Waals surface area contributed by atoms with E-state index < -0.39 is 0 Å². The van der Waals surface area contributed by atoms with Gasteiger partial charge in [-0.3, -0.25) is 9.48 Å². The molecule has 1 aromatic heterocycles. The molecule has 0 aliphatic heterocycles. The largest absolute Gasteiger partial charge is 0.326 e. The third kappa shape index (κ3) is 2.88. The zero-order chi connectivity index (χ0) is 14.7. The summed E-state index contributed by atoms with van der Waals surface area (Å²) < 4.78 is 1.73. The average Bonchev–Trinajstić information content (AvgIpc) is 2.67. The predicted octanol–water partition coefficient (Wildman–Crippen LogP) is 1.91. The second-order valence-corrected chi connectivity index (χ2v) is 4.86. The highest BCUT2D eigenvalue weighted by Crippen LogP contribution is 2.15. The van der Waals surface area contributed by atoms with E-state index in [1.54, 1.807) is 4.68 Å². The van der Waals surface area contributed by atoms with Crippen molar-refractivity contribution in [3.8, 4) is 0 Å². The Labute approximate surface area is 118 Å². The summed E-state index contributed by atoms with van der Waals surface area (Å²) in [5.41, 5.74) is 10.4. The van der Waals surface area contributed by atoms with E-state index in [1.165, 1.54) is 0 Å². The number of aryl methyl sites for hydroxylation is 1. The second-order valence-electron chi connectivity index (χ2n) is 4.86. The first kappa shape index (κ1) is 14.3. The Morgan fingerprint density at radius 2 is 2.00 bits per heavy atom. The number of benzene rings is 1. The van der Waals surface area contributed by atoms with Crippen LogP contribution in [0.25, 0.3) is 0 Å². The molecule has 0 spiro atoms. The standard InChI is InChI=1S/C15H20N4O/c1-10-11(2)18-19(12(10)3)9-15(20)17-14-7-5-4-6-13(14)8-16/h4-7H,8-9,16H2,1-3H3,(H,17,20). The first-order valence-electron chi connectivity index (χ1n) is 6.61. The van der Waals surface area contributed by atoms with E-state index in [0.717, 1.165) is 28.2 Å². The van der Waals surface area contributed by atoms with Crippen LogP contribution in [0.3, 0.4) is 0 Å². The van der Waals surface area contributed by atoms with Gasteiger partial charge in [0, 0.05) is 17.9 Å². The van der Waals surface area contributed by atoms with Crippen LogP contribution in [-0.2, 0) is 17.9 Å². The molecule has 5 nitrogen and oxygen atoms in total. The molecule has 1 heterocycles. The summed E-state index contributed by atoms with van der Waals surface area (Å²) in [4.78, 5) is 12.1. The van der Waals surface area contributed by atoms with Crippen LogP contribution in [0.4, 0.5) is 5.69 Å². The minimum absolute atomic E-state index is 0.100. The van der Waals surface area contributed by atoms with Crippen LogP contribution in [0.15, 0.2) is 24.3 Å². The van der Waals surface area contributed by atoms with Gasteiger partial charge < -0.3 is 11.1 Å². The summed E-state index contributed by atoms with van der Waals surface area (Å²) in [7, 11) is 0. The fraction of sp³-hybridized carbons (Fsp3) is 0.333. The number of carbonyl (C=O) groups is 1. The van der Waals surface area contributed by atoms with Crippen LogP contribution in [-0.4, -0.2) is 15.7 Å². The molecule has 0 saturated carbocycles. The number of nitrogens with one attached hydrogen (secondary N) is 1. The predicted molar refractivity (Wildman–Crippen MR) is 79.4 cm³/mol. The van der Waals surface area contributed by atoms with Crippen LogP contribution in [0.1, 0.15) is 22.5 Å². The molecule has 2 aromatic rings. The number of aromatic nitrogens is 2. The number of hydrogen-bond acceptors (Lipinski definition) is 3. The molecule has 0 fully saturated rings. The van der Waals surface area contributed by atoms with Gasteiger partial charge in [0.1, 0.15) is 6.54 Å². The fourth-order valence-corrected chi connectivity index (χ4v) is 2.09. The van der Waals surface area contributed by atoms with E-state index in [0.29, 0.717) is 6.54 Å². The van der Waals surface area contributed by atoms with Gasteiger partial charge in [0.25, 0.3) is 0 Å². The molecule has 0 radical (unpaired) electrons. The summed E-state index contributed by atoms with van der Waals surface area (Å²) in [6.07, 6.45) is 0. The normalized spacial score (nSPS) is 10.6. The van der Waals surface area contributed by atoms with Gasteiger partial charge in [-0.15, -0.1) is 0 Å². The summed E-state index contributed by atoms with van der Waals surface area (Å²) in [5.74, 6) is -0.100. The molecule has 2 rings (SSSR count). The van der Waals surface area contributed by atoms with Gasteiger partial charge in [-0.1, -0.05) is 18.2 Å². The highest BCUT2D eigenvalue weighted by Gasteiger charge is 2.11. The van der Waals surface area contributed by atoms with Gasteiger partial charge in [-0.2, -0.15) is 5.10 Å². The maximum absolute atomic E-state index is 12.1. The molecule has 1 aromatic carbocycles. The number of amides is 1. The smallest absolute Gasteiger partial charge is 0.246 e. The highest BCUT2D eigenvalue weighted by atomic mass is 16.2. The molecule has 1 amide bonds. The third-order valence-corrected chi connectivity index (χ3v) is 3.55. The van der Waals surface area contributed by atoms with Crippen LogP contribution < -0.4 is 11.1 Å². The molecule has 3 N–H and O–H groups in total. The monoisotopic (exact) mass is 272 g/mol. The van der Waals surface area contributed by atoms with E-state index >= 15 is 0 Å². The molecule has 0 aliphatic rings. The molecular weight excluding hydrogens is 252 g/mol. The van der Waals surface area contributed by atoms with Crippen LogP contribution >= 0.6 is 0 Å². The number of rotatable bonds is 4. The summed E-state index contributed by atoms with van der Waals surface area (Å²) in [6, 6.07) is 7.54. The lowest BCUT2D eigenvalue weighted by atomic mass is 10.2. The zero-order valence-corrected chi connectivity index (χ0v) is 12.1. The van der Waals surface area contributed by atoms with Crippen molar-refractivity contribution < 1.29 is 4.79 Å². The van der Waals surface area contributed by atoms with Crippen LogP contribution in [0.2, 0.25) is 0 Å². The molecule has 0 unspecified atom stereocenters. The fourth-order valence-electron chi connectivity index (χ4n) is 2.09. The van der Waals surface area contributed by atoms with E-state index in [2.05, 4.69) is 10.4 Å². The summed E-state index contributed by atoms with van der Waals surface area (Å²) in [6.45, 7) is 6.53. The first-order valence-corrected chi connectivity index (χ1v) is 6.61. The van der Waals surface area contributed by atoms with Crippen molar-refractivity contribution in [2.45, 2.75) is 33.9 Å². The van der Waals surface area contributed by atoms with Crippen molar-refractivity contribution in [3.63, 3.8) is 0 Å². The van der Waals surface area contributed by atoms with Crippen LogP contribution in [0, 0.1) is 20.8 Å². The molecule has 0 bridgehead atoms. The van der Waals surface area contributed by atoms with Gasteiger partial charge >= 0.3 is 0 Å². The van der Waals surface area contributed by atoms with E-state index in [4.69, 9.17) is 5.73 Å². The molecule has 106 valence electrons. The maximum Gasteiger partial charge on any atom is 0.246 e. The Bertz CT molecular complexity index is 631. The minimum Gasteiger partial charge on any atom is -0.326 e. The van der Waals surface area contributed by atoms with Crippen molar-refractivity contribution in [1.82, 2.24) is 9.78 Å². The third-order valence-electron chi connectivity index (χ3n) is 3.55. The lowest BCUT2D eigenvalue weighted by Crippen LogP contribution is -2.21. The van der Waals surface area contributed by atoms with Gasteiger partial charge in [-0.25, -0.2) is 0 Å².